The van der Waals surface area contributed by atoms with Gasteiger partial charge in [-0.1, -0.05) is 0 Å². The van der Waals surface area contributed by atoms with Crippen molar-refractivity contribution in [1.82, 2.24) is 10.6 Å². The van der Waals surface area contributed by atoms with E-state index < -0.39 is 0 Å². The molecule has 0 spiro atoms. The van der Waals surface area contributed by atoms with Gasteiger partial charge < -0.3 is 15.4 Å². The molecular formula is C12H24N2O2S. The molecule has 1 aliphatic heterocycles. The number of hydrogen-bond donors (Lipinski definition) is 2. The predicted molar refractivity (Wildman–Crippen MR) is 72.4 cm³/mol. The van der Waals surface area contributed by atoms with Crippen LogP contribution in [0.15, 0.2) is 0 Å². The van der Waals surface area contributed by atoms with Crippen molar-refractivity contribution in [2.24, 2.45) is 0 Å². The Bertz CT molecular complexity index is 221. The fourth-order valence-corrected chi connectivity index (χ4v) is 2.37. The second-order valence-corrected chi connectivity index (χ2v) is 5.50. The van der Waals surface area contributed by atoms with E-state index in [0.29, 0.717) is 18.6 Å². The molecule has 0 bridgehead atoms. The number of hydrogen-bond acceptors (Lipinski definition) is 4. The first-order valence-electron chi connectivity index (χ1n) is 6.31. The first kappa shape index (κ1) is 14.8. The standard InChI is InChI=1S/C12H24N2O2S/c1-10(5-8-17-2)13-9-12(15)14-11-3-6-16-7-4-11/h10-11,13H,3-9H2,1-2H3,(H,14,15). The fourth-order valence-electron chi connectivity index (χ4n) is 1.78. The molecule has 1 atom stereocenters. The summed E-state index contributed by atoms with van der Waals surface area (Å²) < 4.78 is 5.25. The van der Waals surface area contributed by atoms with Gasteiger partial charge in [0.1, 0.15) is 0 Å². The Morgan fingerprint density at radius 2 is 2.18 bits per heavy atom. The van der Waals surface area contributed by atoms with Crippen LogP contribution in [-0.4, -0.2) is 49.8 Å². The number of carbonyl (C=O) groups excluding carboxylic acids is 1. The maximum atomic E-state index is 11.7. The minimum Gasteiger partial charge on any atom is -0.381 e. The molecule has 1 aliphatic rings. The van der Waals surface area contributed by atoms with E-state index in [1.54, 1.807) is 0 Å². The van der Waals surface area contributed by atoms with Crippen LogP contribution >= 0.6 is 11.8 Å². The maximum Gasteiger partial charge on any atom is 0.234 e. The summed E-state index contributed by atoms with van der Waals surface area (Å²) in [6.45, 7) is 4.08. The van der Waals surface area contributed by atoms with Crippen LogP contribution in [-0.2, 0) is 9.53 Å². The van der Waals surface area contributed by atoms with E-state index in [4.69, 9.17) is 4.74 Å². The van der Waals surface area contributed by atoms with Crippen molar-refractivity contribution in [3.63, 3.8) is 0 Å². The average Bonchev–Trinajstić information content (AvgIpc) is 2.35. The van der Waals surface area contributed by atoms with Crippen LogP contribution in [0.3, 0.4) is 0 Å². The molecule has 0 aliphatic carbocycles. The summed E-state index contributed by atoms with van der Waals surface area (Å²) in [7, 11) is 0. The first-order valence-corrected chi connectivity index (χ1v) is 7.71. The Labute approximate surface area is 108 Å². The maximum absolute atomic E-state index is 11.7. The third kappa shape index (κ3) is 6.91. The van der Waals surface area contributed by atoms with Crippen molar-refractivity contribution in [1.29, 1.82) is 0 Å². The Kier molecular flexibility index (Phi) is 7.64. The summed E-state index contributed by atoms with van der Waals surface area (Å²) >= 11 is 1.84. The quantitative estimate of drug-likeness (QED) is 0.717. The third-order valence-corrected chi connectivity index (χ3v) is 3.60. The number of carbonyl (C=O) groups is 1. The molecule has 17 heavy (non-hydrogen) atoms. The molecule has 1 saturated heterocycles. The van der Waals surface area contributed by atoms with Crippen LogP contribution in [0.25, 0.3) is 0 Å². The number of nitrogens with one attached hydrogen (secondary N) is 2. The predicted octanol–water partition coefficient (Wildman–Crippen LogP) is 1.01. The Hall–Kier alpha value is -0.260. The summed E-state index contributed by atoms with van der Waals surface area (Å²) in [5.41, 5.74) is 0. The molecule has 0 radical (unpaired) electrons. The largest absolute Gasteiger partial charge is 0.381 e. The summed E-state index contributed by atoms with van der Waals surface area (Å²) in [5, 5.41) is 6.29. The SMILES string of the molecule is CSCCC(C)NCC(=O)NC1CCOCC1. The molecule has 1 rings (SSSR count). The molecule has 1 amide bonds. The van der Waals surface area contributed by atoms with Gasteiger partial charge in [-0.05, 0) is 38.2 Å². The zero-order valence-electron chi connectivity index (χ0n) is 10.8. The van der Waals surface area contributed by atoms with Gasteiger partial charge in [0.15, 0.2) is 0 Å². The average molecular weight is 260 g/mol. The zero-order chi connectivity index (χ0) is 12.5. The van der Waals surface area contributed by atoms with Crippen LogP contribution in [0.1, 0.15) is 26.2 Å². The summed E-state index contributed by atoms with van der Waals surface area (Å²) in [4.78, 5) is 11.7. The second-order valence-electron chi connectivity index (χ2n) is 4.52. The van der Waals surface area contributed by atoms with E-state index >= 15 is 0 Å². The molecule has 0 aromatic heterocycles. The molecule has 4 nitrogen and oxygen atoms in total. The first-order chi connectivity index (χ1) is 8.22. The van der Waals surface area contributed by atoms with Crippen LogP contribution < -0.4 is 10.6 Å². The minimum atomic E-state index is 0.105. The van der Waals surface area contributed by atoms with Crippen molar-refractivity contribution in [3.8, 4) is 0 Å². The molecule has 0 aromatic rings. The lowest BCUT2D eigenvalue weighted by molar-refractivity contribution is -0.121. The van der Waals surface area contributed by atoms with Crippen molar-refractivity contribution in [3.05, 3.63) is 0 Å². The number of ether oxygens (including phenoxy) is 1. The topological polar surface area (TPSA) is 50.4 Å². The van der Waals surface area contributed by atoms with Gasteiger partial charge in [-0.3, -0.25) is 4.79 Å². The molecule has 5 heteroatoms. The van der Waals surface area contributed by atoms with Gasteiger partial charge in [-0.2, -0.15) is 11.8 Å². The molecule has 1 fully saturated rings. The highest BCUT2D eigenvalue weighted by atomic mass is 32.2. The number of thioether (sulfide) groups is 1. The molecule has 1 heterocycles. The highest BCUT2D eigenvalue weighted by Gasteiger charge is 2.15. The van der Waals surface area contributed by atoms with Gasteiger partial charge in [0, 0.05) is 25.3 Å². The van der Waals surface area contributed by atoms with Crippen LogP contribution in [0.5, 0.6) is 0 Å². The van der Waals surface area contributed by atoms with Crippen LogP contribution in [0, 0.1) is 0 Å². The Morgan fingerprint density at radius 3 is 2.82 bits per heavy atom. The molecule has 2 N–H and O–H groups in total. The van der Waals surface area contributed by atoms with Crippen molar-refractivity contribution < 1.29 is 9.53 Å². The fraction of sp³-hybridized carbons (Fsp3) is 0.917. The van der Waals surface area contributed by atoms with Gasteiger partial charge >= 0.3 is 0 Å². The molecule has 0 aromatic carbocycles. The molecule has 1 unspecified atom stereocenters. The van der Waals surface area contributed by atoms with E-state index in [-0.39, 0.29) is 5.91 Å². The summed E-state index contributed by atoms with van der Waals surface area (Å²) in [6, 6.07) is 0.711. The van der Waals surface area contributed by atoms with Gasteiger partial charge in [-0.25, -0.2) is 0 Å². The second kappa shape index (κ2) is 8.78. The third-order valence-electron chi connectivity index (χ3n) is 2.95. The van der Waals surface area contributed by atoms with E-state index in [0.717, 1.165) is 38.2 Å². The summed E-state index contributed by atoms with van der Waals surface area (Å²) in [6.07, 6.45) is 5.08. The lowest BCUT2D eigenvalue weighted by Gasteiger charge is -2.23. The van der Waals surface area contributed by atoms with Crippen molar-refractivity contribution >= 4 is 17.7 Å². The normalized spacial score (nSPS) is 18.9. The van der Waals surface area contributed by atoms with Gasteiger partial charge in [0.05, 0.1) is 6.54 Å². The van der Waals surface area contributed by atoms with Crippen LogP contribution in [0.4, 0.5) is 0 Å². The smallest absolute Gasteiger partial charge is 0.234 e. The zero-order valence-corrected chi connectivity index (χ0v) is 11.6. The molecule has 100 valence electrons. The van der Waals surface area contributed by atoms with E-state index in [1.807, 2.05) is 11.8 Å². The van der Waals surface area contributed by atoms with E-state index in [9.17, 15) is 4.79 Å². The van der Waals surface area contributed by atoms with E-state index in [1.165, 1.54) is 0 Å². The highest BCUT2D eigenvalue weighted by molar-refractivity contribution is 7.98. The monoisotopic (exact) mass is 260 g/mol. The summed E-state index contributed by atoms with van der Waals surface area (Å²) in [5.74, 6) is 1.24. The number of rotatable bonds is 7. The Morgan fingerprint density at radius 1 is 1.47 bits per heavy atom. The minimum absolute atomic E-state index is 0.105. The number of amides is 1. The van der Waals surface area contributed by atoms with Crippen molar-refractivity contribution in [2.75, 3.05) is 31.8 Å². The van der Waals surface area contributed by atoms with Gasteiger partial charge in [0.25, 0.3) is 0 Å². The van der Waals surface area contributed by atoms with Gasteiger partial charge in [-0.15, -0.1) is 0 Å². The molecular weight excluding hydrogens is 236 g/mol. The lowest BCUT2D eigenvalue weighted by atomic mass is 10.1. The van der Waals surface area contributed by atoms with Gasteiger partial charge in [0.2, 0.25) is 5.91 Å². The van der Waals surface area contributed by atoms with Crippen molar-refractivity contribution in [2.45, 2.75) is 38.3 Å². The van der Waals surface area contributed by atoms with E-state index in [2.05, 4.69) is 23.8 Å². The van der Waals surface area contributed by atoms with Crippen LogP contribution in [0.2, 0.25) is 0 Å². The lowest BCUT2D eigenvalue weighted by Crippen LogP contribution is -2.44. The Balaban J connectivity index is 2.07. The highest BCUT2D eigenvalue weighted by Crippen LogP contribution is 2.05. The molecule has 0 saturated carbocycles.